The van der Waals surface area contributed by atoms with Gasteiger partial charge in [-0.1, -0.05) is 0 Å². The van der Waals surface area contributed by atoms with Crippen LogP contribution in [0.5, 0.6) is 0 Å². The Morgan fingerprint density at radius 1 is 1.45 bits per heavy atom. The molecule has 0 saturated carbocycles. The lowest BCUT2D eigenvalue weighted by atomic mass is 10.1. The lowest BCUT2D eigenvalue weighted by molar-refractivity contribution is -0.409. The summed E-state index contributed by atoms with van der Waals surface area (Å²) in [5.41, 5.74) is 0. The molecule has 1 atom stereocenters. The molecule has 1 unspecified atom stereocenters. The van der Waals surface area contributed by atoms with Crippen molar-refractivity contribution >= 4 is 0 Å². The molecule has 0 aromatic carbocycles. The predicted octanol–water partition coefficient (Wildman–Crippen LogP) is 0.104. The number of methoxy groups -OCH3 is 2. The average Bonchev–Trinajstić information content (AvgIpc) is 2.06. The van der Waals surface area contributed by atoms with Crippen LogP contribution in [0, 0.1) is 0 Å². The third-order valence-corrected chi connectivity index (χ3v) is 1.90. The zero-order chi connectivity index (χ0) is 8.32. The van der Waals surface area contributed by atoms with Crippen molar-refractivity contribution in [1.29, 1.82) is 0 Å². The molecule has 0 aliphatic carbocycles. The second-order valence-electron chi connectivity index (χ2n) is 2.52. The van der Waals surface area contributed by atoms with Crippen molar-refractivity contribution in [3.8, 4) is 0 Å². The fraction of sp³-hybridized carbons (Fsp3) is 1.00. The van der Waals surface area contributed by atoms with Crippen LogP contribution < -0.4 is 0 Å². The summed E-state index contributed by atoms with van der Waals surface area (Å²) >= 11 is 0. The minimum absolute atomic E-state index is 0.568. The largest absolute Gasteiger partial charge is 0.385 e. The van der Waals surface area contributed by atoms with E-state index in [4.69, 9.17) is 14.2 Å². The van der Waals surface area contributed by atoms with Crippen molar-refractivity contribution in [2.75, 3.05) is 20.8 Å². The third-order valence-electron chi connectivity index (χ3n) is 1.90. The van der Waals surface area contributed by atoms with Crippen LogP contribution in [0.25, 0.3) is 0 Å². The Hall–Kier alpha value is -0.160. The zero-order valence-electron chi connectivity index (χ0n) is 6.87. The standard InChI is InChI=1S/C7H14O4/c1-9-7(10-2)6(8)4-3-5-11-7/h6,8H,3-5H2,1-2H3. The summed E-state index contributed by atoms with van der Waals surface area (Å²) in [5, 5.41) is 9.44. The average molecular weight is 162 g/mol. The van der Waals surface area contributed by atoms with Gasteiger partial charge in [-0.05, 0) is 12.8 Å². The van der Waals surface area contributed by atoms with Crippen LogP contribution in [0.1, 0.15) is 12.8 Å². The monoisotopic (exact) mass is 162 g/mol. The molecule has 1 heterocycles. The van der Waals surface area contributed by atoms with Crippen molar-refractivity contribution in [3.05, 3.63) is 0 Å². The summed E-state index contributed by atoms with van der Waals surface area (Å²) in [6.45, 7) is 0.568. The molecule has 0 bridgehead atoms. The molecule has 4 nitrogen and oxygen atoms in total. The van der Waals surface area contributed by atoms with Gasteiger partial charge < -0.3 is 19.3 Å². The van der Waals surface area contributed by atoms with Gasteiger partial charge in [0.2, 0.25) is 0 Å². The predicted molar refractivity (Wildman–Crippen MR) is 37.9 cm³/mol. The van der Waals surface area contributed by atoms with E-state index in [1.165, 1.54) is 14.2 Å². The second kappa shape index (κ2) is 3.49. The minimum Gasteiger partial charge on any atom is -0.385 e. The van der Waals surface area contributed by atoms with Crippen molar-refractivity contribution < 1.29 is 19.3 Å². The van der Waals surface area contributed by atoms with Crippen LogP contribution in [0.4, 0.5) is 0 Å². The zero-order valence-corrected chi connectivity index (χ0v) is 6.87. The Balaban J connectivity index is 2.61. The summed E-state index contributed by atoms with van der Waals surface area (Å²) < 4.78 is 15.1. The van der Waals surface area contributed by atoms with Crippen molar-refractivity contribution in [3.63, 3.8) is 0 Å². The van der Waals surface area contributed by atoms with E-state index in [-0.39, 0.29) is 0 Å². The normalized spacial score (nSPS) is 30.3. The van der Waals surface area contributed by atoms with Gasteiger partial charge in [0.25, 0.3) is 0 Å². The molecule has 4 heteroatoms. The molecule has 0 aromatic heterocycles. The smallest absolute Gasteiger partial charge is 0.310 e. The minimum atomic E-state index is -1.22. The molecule has 66 valence electrons. The van der Waals surface area contributed by atoms with Gasteiger partial charge in [-0.25, -0.2) is 0 Å². The summed E-state index contributed by atoms with van der Waals surface area (Å²) in [4.78, 5) is 0. The number of aliphatic hydroxyl groups is 1. The molecule has 0 spiro atoms. The maximum atomic E-state index is 9.44. The van der Waals surface area contributed by atoms with Gasteiger partial charge in [-0.3, -0.25) is 0 Å². The summed E-state index contributed by atoms with van der Waals surface area (Å²) in [6.07, 6.45) is 0.809. The Labute approximate surface area is 66.1 Å². The highest BCUT2D eigenvalue weighted by atomic mass is 16.9. The van der Waals surface area contributed by atoms with Gasteiger partial charge in [-0.2, -0.15) is 0 Å². The number of ether oxygens (including phenoxy) is 3. The molecule has 1 saturated heterocycles. The van der Waals surface area contributed by atoms with E-state index in [1.54, 1.807) is 0 Å². The van der Waals surface area contributed by atoms with Crippen LogP contribution in [0.3, 0.4) is 0 Å². The highest BCUT2D eigenvalue weighted by Gasteiger charge is 2.42. The molecule has 1 rings (SSSR count). The van der Waals surface area contributed by atoms with Crippen molar-refractivity contribution in [2.24, 2.45) is 0 Å². The van der Waals surface area contributed by atoms with Gasteiger partial charge in [0, 0.05) is 14.2 Å². The fourth-order valence-corrected chi connectivity index (χ4v) is 1.24. The van der Waals surface area contributed by atoms with Gasteiger partial charge in [0.1, 0.15) is 6.10 Å². The summed E-state index contributed by atoms with van der Waals surface area (Å²) in [6, 6.07) is 0. The Morgan fingerprint density at radius 3 is 2.45 bits per heavy atom. The first kappa shape index (κ1) is 8.93. The van der Waals surface area contributed by atoms with E-state index in [0.717, 1.165) is 6.42 Å². The van der Waals surface area contributed by atoms with Crippen LogP contribution in [-0.2, 0) is 14.2 Å². The van der Waals surface area contributed by atoms with Gasteiger partial charge >= 0.3 is 5.97 Å². The van der Waals surface area contributed by atoms with Gasteiger partial charge in [0.15, 0.2) is 0 Å². The first-order chi connectivity index (χ1) is 5.25. The van der Waals surface area contributed by atoms with E-state index >= 15 is 0 Å². The quantitative estimate of drug-likeness (QED) is 0.585. The number of aliphatic hydroxyl groups excluding tert-OH is 1. The van der Waals surface area contributed by atoms with Crippen molar-refractivity contribution in [1.82, 2.24) is 0 Å². The molecule has 1 aliphatic heterocycles. The molecule has 11 heavy (non-hydrogen) atoms. The first-order valence-electron chi connectivity index (χ1n) is 3.67. The maximum absolute atomic E-state index is 9.44. The highest BCUT2D eigenvalue weighted by Crippen LogP contribution is 2.26. The molecular weight excluding hydrogens is 148 g/mol. The van der Waals surface area contributed by atoms with Crippen LogP contribution in [-0.4, -0.2) is 38.0 Å². The molecular formula is C7H14O4. The molecule has 0 amide bonds. The fourth-order valence-electron chi connectivity index (χ4n) is 1.24. The summed E-state index contributed by atoms with van der Waals surface area (Å²) in [7, 11) is 2.91. The molecule has 0 radical (unpaired) electrons. The lowest BCUT2D eigenvalue weighted by Gasteiger charge is -2.37. The number of rotatable bonds is 2. The Bertz CT molecular complexity index is 122. The van der Waals surface area contributed by atoms with Crippen LogP contribution in [0.2, 0.25) is 0 Å². The molecule has 1 fully saturated rings. The lowest BCUT2D eigenvalue weighted by Crippen LogP contribution is -2.51. The van der Waals surface area contributed by atoms with Gasteiger partial charge in [-0.15, -0.1) is 0 Å². The van der Waals surface area contributed by atoms with E-state index in [2.05, 4.69) is 0 Å². The van der Waals surface area contributed by atoms with Crippen LogP contribution >= 0.6 is 0 Å². The summed E-state index contributed by atoms with van der Waals surface area (Å²) in [5.74, 6) is -1.22. The second-order valence-corrected chi connectivity index (χ2v) is 2.52. The number of hydrogen-bond acceptors (Lipinski definition) is 4. The topological polar surface area (TPSA) is 47.9 Å². The molecule has 1 aliphatic rings. The van der Waals surface area contributed by atoms with E-state index < -0.39 is 12.1 Å². The van der Waals surface area contributed by atoms with Gasteiger partial charge in [0.05, 0.1) is 6.61 Å². The Morgan fingerprint density at radius 2 is 2.09 bits per heavy atom. The Kier molecular flexibility index (Phi) is 2.84. The van der Waals surface area contributed by atoms with Crippen LogP contribution in [0.15, 0.2) is 0 Å². The molecule has 0 aromatic rings. The van der Waals surface area contributed by atoms with E-state index in [9.17, 15) is 5.11 Å². The number of hydrogen-bond donors (Lipinski definition) is 1. The van der Waals surface area contributed by atoms with E-state index in [0.29, 0.717) is 13.0 Å². The van der Waals surface area contributed by atoms with Crippen molar-refractivity contribution in [2.45, 2.75) is 24.9 Å². The molecule has 1 N–H and O–H groups in total. The highest BCUT2D eigenvalue weighted by molar-refractivity contribution is 4.73. The first-order valence-corrected chi connectivity index (χ1v) is 3.67. The maximum Gasteiger partial charge on any atom is 0.310 e. The third kappa shape index (κ3) is 1.54. The van der Waals surface area contributed by atoms with E-state index in [1.807, 2.05) is 0 Å². The SMILES string of the molecule is COC1(OC)OCCCC1O.